The first-order valence-electron chi connectivity index (χ1n) is 6.94. The average Bonchev–Trinajstić information content (AvgIpc) is 2.56. The van der Waals surface area contributed by atoms with Gasteiger partial charge in [-0.2, -0.15) is 0 Å². The molecule has 0 aromatic heterocycles. The smallest absolute Gasteiger partial charge is 0.0572 e. The second-order valence-corrected chi connectivity index (χ2v) is 4.32. The Morgan fingerprint density at radius 2 is 0.708 bits per heavy atom. The van der Waals surface area contributed by atoms with E-state index in [1.165, 1.54) is 0 Å². The summed E-state index contributed by atoms with van der Waals surface area (Å²) in [7, 11) is 4.00. The molecule has 0 spiro atoms. The van der Waals surface area contributed by atoms with Crippen LogP contribution in [0.5, 0.6) is 0 Å². The van der Waals surface area contributed by atoms with Gasteiger partial charge >= 0.3 is 0 Å². The molecule has 6 nitrogen and oxygen atoms in total. The van der Waals surface area contributed by atoms with Crippen molar-refractivity contribution in [3.05, 3.63) is 14.9 Å². The van der Waals surface area contributed by atoms with Crippen molar-refractivity contribution in [2.24, 2.45) is 11.8 Å². The average molecular weight is 424 g/mol. The number of hydrogen-bond donors (Lipinski definition) is 6. The van der Waals surface area contributed by atoms with Crippen molar-refractivity contribution in [2.75, 3.05) is 28.4 Å². The molecular weight excluding hydrogens is 384 g/mol. The van der Waals surface area contributed by atoms with E-state index in [4.69, 9.17) is 20.4 Å². The van der Waals surface area contributed by atoms with Gasteiger partial charge < -0.3 is 45.5 Å². The fourth-order valence-electron chi connectivity index (χ4n) is 2.94. The van der Waals surface area contributed by atoms with Crippen LogP contribution in [0.15, 0.2) is 0 Å². The Morgan fingerprint density at radius 1 is 0.500 bits per heavy atom. The SMILES string of the molecule is CO.CO.CO.CO.OC1CCCC2C(O)CCCC12.[CH3-].[CH3-].[Ti].[Ti]. The molecule has 0 amide bonds. The van der Waals surface area contributed by atoms with E-state index in [9.17, 15) is 10.2 Å². The van der Waals surface area contributed by atoms with Crippen LogP contribution in [0.2, 0.25) is 0 Å². The molecule has 0 bridgehead atoms. The van der Waals surface area contributed by atoms with Gasteiger partial charge in [0, 0.05) is 71.9 Å². The zero-order chi connectivity index (χ0) is 16.6. The summed E-state index contributed by atoms with van der Waals surface area (Å²) in [6.07, 6.45) is 6.10. The van der Waals surface area contributed by atoms with Gasteiger partial charge in [-0.3, -0.25) is 0 Å². The van der Waals surface area contributed by atoms with Gasteiger partial charge in [-0.1, -0.05) is 12.8 Å². The Hall–Kier alpha value is 1.19. The van der Waals surface area contributed by atoms with Crippen molar-refractivity contribution in [1.29, 1.82) is 0 Å². The zero-order valence-electron chi connectivity index (χ0n) is 16.2. The maximum atomic E-state index is 9.71. The van der Waals surface area contributed by atoms with Crippen molar-refractivity contribution < 1.29 is 74.1 Å². The van der Waals surface area contributed by atoms with Crippen LogP contribution in [0.25, 0.3) is 0 Å². The Kier molecular flexibility index (Phi) is 65.6. The monoisotopic (exact) mass is 424 g/mol. The standard InChI is InChI=1S/C10H18O2.4CH4O.2CH3.2Ti/c11-9-5-1-3-7-8(9)4-2-6-10(7)12;4*1-2;;;;/h7-12H,1-6H2;4*2H,1H3;2*1H3;;/q;;;;;2*-1;;. The van der Waals surface area contributed by atoms with Crippen LogP contribution < -0.4 is 0 Å². The van der Waals surface area contributed by atoms with Crippen LogP contribution in [0.4, 0.5) is 0 Å². The summed E-state index contributed by atoms with van der Waals surface area (Å²) in [5.74, 6) is 0.810. The molecule has 4 unspecified atom stereocenters. The molecule has 6 N–H and O–H groups in total. The predicted molar refractivity (Wildman–Crippen MR) is 92.1 cm³/mol. The van der Waals surface area contributed by atoms with E-state index >= 15 is 0 Å². The largest absolute Gasteiger partial charge is 0.400 e. The molecule has 2 aliphatic rings. The van der Waals surface area contributed by atoms with Crippen molar-refractivity contribution >= 4 is 0 Å². The summed E-state index contributed by atoms with van der Waals surface area (Å²) in [5, 5.41) is 47.4. The molecule has 150 valence electrons. The van der Waals surface area contributed by atoms with Gasteiger partial charge in [0.15, 0.2) is 0 Å². The summed E-state index contributed by atoms with van der Waals surface area (Å²) >= 11 is 0. The van der Waals surface area contributed by atoms with E-state index in [1.807, 2.05) is 0 Å². The third kappa shape index (κ3) is 18.0. The third-order valence-electron chi connectivity index (χ3n) is 3.61. The molecule has 0 heterocycles. The van der Waals surface area contributed by atoms with E-state index in [2.05, 4.69) is 0 Å². The molecule has 4 atom stereocenters. The van der Waals surface area contributed by atoms with Gasteiger partial charge in [-0.05, 0) is 37.5 Å². The number of fused-ring (bicyclic) bond motifs is 1. The van der Waals surface area contributed by atoms with Crippen molar-refractivity contribution in [1.82, 2.24) is 0 Å². The molecule has 0 saturated heterocycles. The second-order valence-electron chi connectivity index (χ2n) is 4.32. The van der Waals surface area contributed by atoms with Crippen LogP contribution in [0.1, 0.15) is 38.5 Å². The summed E-state index contributed by atoms with van der Waals surface area (Å²) in [6, 6.07) is 0. The van der Waals surface area contributed by atoms with Crippen LogP contribution in [-0.2, 0) is 43.4 Å². The normalized spacial score (nSPS) is 25.2. The molecule has 0 radical (unpaired) electrons. The first-order chi connectivity index (χ1) is 9.79. The van der Waals surface area contributed by atoms with Gasteiger partial charge in [0.2, 0.25) is 0 Å². The number of rotatable bonds is 0. The topological polar surface area (TPSA) is 121 Å². The zero-order valence-corrected chi connectivity index (χ0v) is 19.4. The number of aliphatic hydroxyl groups excluding tert-OH is 6. The van der Waals surface area contributed by atoms with Gasteiger partial charge in [0.05, 0.1) is 12.2 Å². The van der Waals surface area contributed by atoms with E-state index < -0.39 is 0 Å². The number of hydrogen-bond acceptors (Lipinski definition) is 6. The molecule has 2 fully saturated rings. The first-order valence-corrected chi connectivity index (χ1v) is 6.94. The minimum absolute atomic E-state index is 0. The molecule has 0 aromatic carbocycles. The predicted octanol–water partition coefficient (Wildman–Crippen LogP) is 0.638. The Bertz CT molecular complexity index is 161. The van der Waals surface area contributed by atoms with Crippen molar-refractivity contribution in [2.45, 2.75) is 50.7 Å². The maximum Gasteiger partial charge on any atom is 0.0572 e. The minimum Gasteiger partial charge on any atom is -0.400 e. The van der Waals surface area contributed by atoms with Gasteiger partial charge in [-0.15, -0.1) is 0 Å². The molecular formula is C16H40O6Ti2-2. The van der Waals surface area contributed by atoms with E-state index in [-0.39, 0.29) is 70.5 Å². The summed E-state index contributed by atoms with van der Waals surface area (Å²) in [5.41, 5.74) is 0. The molecule has 24 heavy (non-hydrogen) atoms. The van der Waals surface area contributed by atoms with Gasteiger partial charge in [0.25, 0.3) is 0 Å². The molecule has 2 aliphatic carbocycles. The molecule has 8 heteroatoms. The maximum absolute atomic E-state index is 9.71. The third-order valence-corrected chi connectivity index (χ3v) is 3.61. The Balaban J connectivity index is -0.0000000430. The molecule has 2 rings (SSSR count). The van der Waals surface area contributed by atoms with Crippen molar-refractivity contribution in [3.8, 4) is 0 Å². The van der Waals surface area contributed by atoms with E-state index in [0.29, 0.717) is 11.8 Å². The molecule has 0 aromatic rings. The van der Waals surface area contributed by atoms with Crippen LogP contribution in [0.3, 0.4) is 0 Å². The molecule has 2 saturated carbocycles. The Morgan fingerprint density at radius 3 is 0.917 bits per heavy atom. The first kappa shape index (κ1) is 44.5. The van der Waals surface area contributed by atoms with Gasteiger partial charge in [0.1, 0.15) is 0 Å². The quantitative estimate of drug-likeness (QED) is 0.251. The summed E-state index contributed by atoms with van der Waals surface area (Å²) in [6.45, 7) is 0. The van der Waals surface area contributed by atoms with Crippen LogP contribution in [-0.4, -0.2) is 71.3 Å². The summed E-state index contributed by atoms with van der Waals surface area (Å²) in [4.78, 5) is 0. The second kappa shape index (κ2) is 35.3. The van der Waals surface area contributed by atoms with Gasteiger partial charge in [-0.25, -0.2) is 0 Å². The number of aliphatic hydroxyl groups is 6. The Labute approximate surface area is 179 Å². The molecule has 0 aliphatic heterocycles. The van der Waals surface area contributed by atoms with Crippen LogP contribution in [0, 0.1) is 26.7 Å². The fourth-order valence-corrected chi connectivity index (χ4v) is 2.94. The van der Waals surface area contributed by atoms with E-state index in [1.54, 1.807) is 0 Å². The van der Waals surface area contributed by atoms with Crippen LogP contribution >= 0.6 is 0 Å². The minimum atomic E-state index is -0.126. The van der Waals surface area contributed by atoms with E-state index in [0.717, 1.165) is 67.0 Å². The van der Waals surface area contributed by atoms with Crippen molar-refractivity contribution in [3.63, 3.8) is 0 Å². The summed E-state index contributed by atoms with van der Waals surface area (Å²) < 4.78 is 0. The fraction of sp³-hybridized carbons (Fsp3) is 0.875.